The van der Waals surface area contributed by atoms with Gasteiger partial charge in [0.25, 0.3) is 0 Å². The molecular weight excluding hydrogens is 362 g/mol. The quantitative estimate of drug-likeness (QED) is 0.431. The summed E-state index contributed by atoms with van der Waals surface area (Å²) in [4.78, 5) is 11.7. The number of nitrogens with one attached hydrogen (secondary N) is 1. The molecule has 0 saturated carbocycles. The minimum Gasteiger partial charge on any atom is -0.469 e. The Hall–Kier alpha value is -2.95. The van der Waals surface area contributed by atoms with Crippen molar-refractivity contribution < 1.29 is 14.6 Å². The highest BCUT2D eigenvalue weighted by molar-refractivity contribution is 5.69. The van der Waals surface area contributed by atoms with Crippen LogP contribution < -0.4 is 5.32 Å². The van der Waals surface area contributed by atoms with Gasteiger partial charge in [-0.2, -0.15) is 0 Å². The van der Waals surface area contributed by atoms with Crippen LogP contribution in [0.3, 0.4) is 0 Å². The van der Waals surface area contributed by atoms with Crippen LogP contribution in [0.15, 0.2) is 91.0 Å². The minimum atomic E-state index is -0.673. The third-order valence-corrected chi connectivity index (χ3v) is 5.19. The summed E-state index contributed by atoms with van der Waals surface area (Å²) in [6.07, 6.45) is 0.709. The first kappa shape index (κ1) is 20.8. The molecule has 0 aliphatic rings. The van der Waals surface area contributed by atoms with Crippen molar-refractivity contribution in [3.8, 4) is 0 Å². The monoisotopic (exact) mass is 389 g/mol. The summed E-state index contributed by atoms with van der Waals surface area (Å²) in [5.74, 6) is -0.282. The molecule has 0 spiro atoms. The summed E-state index contributed by atoms with van der Waals surface area (Å²) in [5.41, 5.74) is 2.52. The zero-order valence-corrected chi connectivity index (χ0v) is 16.6. The molecule has 0 aliphatic carbocycles. The van der Waals surface area contributed by atoms with Crippen LogP contribution in [0.4, 0.5) is 0 Å². The fraction of sp³-hybridized carbons (Fsp3) is 0.240. The molecule has 0 amide bonds. The van der Waals surface area contributed by atoms with Crippen molar-refractivity contribution in [2.24, 2.45) is 0 Å². The average Bonchev–Trinajstić information content (AvgIpc) is 2.81. The molecule has 3 aromatic rings. The van der Waals surface area contributed by atoms with Crippen molar-refractivity contribution in [3.63, 3.8) is 0 Å². The van der Waals surface area contributed by atoms with Crippen LogP contribution in [0.5, 0.6) is 0 Å². The summed E-state index contributed by atoms with van der Waals surface area (Å²) >= 11 is 0. The summed E-state index contributed by atoms with van der Waals surface area (Å²) in [7, 11) is 1.38. The Balaban J connectivity index is 2.13. The van der Waals surface area contributed by atoms with Crippen LogP contribution in [-0.4, -0.2) is 30.8 Å². The van der Waals surface area contributed by atoms with E-state index in [4.69, 9.17) is 4.74 Å². The van der Waals surface area contributed by atoms with Gasteiger partial charge < -0.3 is 9.84 Å². The molecule has 150 valence electrons. The Morgan fingerprint density at radius 3 is 1.62 bits per heavy atom. The predicted molar refractivity (Wildman–Crippen MR) is 114 cm³/mol. The number of aliphatic hydroxyl groups is 1. The standard InChI is InChI=1S/C25H27NO3/c1-29-24(28)18-17-23(19-27)26-25(20-11-5-2-6-12-20,21-13-7-3-8-14-21)22-15-9-4-10-16-22/h2-16,23,26-27H,17-19H2,1H3/t23-/m0/s1. The minimum absolute atomic E-state index is 0.0920. The van der Waals surface area contributed by atoms with E-state index in [2.05, 4.69) is 41.7 Å². The Bertz CT molecular complexity index is 785. The van der Waals surface area contributed by atoms with Crippen LogP contribution in [0.25, 0.3) is 0 Å². The second-order valence-electron chi connectivity index (χ2n) is 6.99. The first-order valence-corrected chi connectivity index (χ1v) is 9.82. The van der Waals surface area contributed by atoms with Crippen LogP contribution >= 0.6 is 0 Å². The van der Waals surface area contributed by atoms with E-state index in [0.717, 1.165) is 16.7 Å². The zero-order valence-electron chi connectivity index (χ0n) is 16.6. The lowest BCUT2D eigenvalue weighted by atomic mass is 9.76. The highest BCUT2D eigenvalue weighted by atomic mass is 16.5. The molecule has 3 rings (SSSR count). The second-order valence-corrected chi connectivity index (χ2v) is 6.99. The fourth-order valence-corrected chi connectivity index (χ4v) is 3.72. The molecule has 29 heavy (non-hydrogen) atoms. The predicted octanol–water partition coefficient (Wildman–Crippen LogP) is 3.88. The molecule has 0 aromatic heterocycles. The molecule has 1 atom stereocenters. The van der Waals surface area contributed by atoms with E-state index >= 15 is 0 Å². The Morgan fingerprint density at radius 1 is 0.862 bits per heavy atom. The topological polar surface area (TPSA) is 58.6 Å². The smallest absolute Gasteiger partial charge is 0.305 e. The fourth-order valence-electron chi connectivity index (χ4n) is 3.72. The van der Waals surface area contributed by atoms with E-state index in [1.807, 2.05) is 54.6 Å². The number of ether oxygens (including phenoxy) is 1. The molecule has 0 aliphatic heterocycles. The van der Waals surface area contributed by atoms with Gasteiger partial charge in [0.2, 0.25) is 0 Å². The van der Waals surface area contributed by atoms with Crippen molar-refractivity contribution in [3.05, 3.63) is 108 Å². The second kappa shape index (κ2) is 10.0. The van der Waals surface area contributed by atoms with Crippen molar-refractivity contribution in [2.45, 2.75) is 24.4 Å². The summed E-state index contributed by atoms with van der Waals surface area (Å²) in [6.45, 7) is -0.0920. The van der Waals surface area contributed by atoms with Crippen LogP contribution in [-0.2, 0) is 15.1 Å². The maximum atomic E-state index is 11.7. The number of aliphatic hydroxyl groups excluding tert-OH is 1. The van der Waals surface area contributed by atoms with Gasteiger partial charge in [0.1, 0.15) is 0 Å². The molecular formula is C25H27NO3. The lowest BCUT2D eigenvalue weighted by molar-refractivity contribution is -0.140. The van der Waals surface area contributed by atoms with Crippen molar-refractivity contribution in [1.82, 2.24) is 5.32 Å². The van der Waals surface area contributed by atoms with Gasteiger partial charge in [-0.25, -0.2) is 0 Å². The number of carbonyl (C=O) groups excluding carboxylic acids is 1. The van der Waals surface area contributed by atoms with Gasteiger partial charge in [-0.3, -0.25) is 10.1 Å². The number of hydrogen-bond donors (Lipinski definition) is 2. The molecule has 4 nitrogen and oxygen atoms in total. The average molecular weight is 389 g/mol. The Labute approximate surface area is 172 Å². The lowest BCUT2D eigenvalue weighted by Gasteiger charge is -2.40. The molecule has 0 fully saturated rings. The zero-order chi connectivity index (χ0) is 20.5. The number of esters is 1. The number of hydrogen-bond acceptors (Lipinski definition) is 4. The normalized spacial score (nSPS) is 12.3. The third-order valence-electron chi connectivity index (χ3n) is 5.19. The van der Waals surface area contributed by atoms with E-state index in [9.17, 15) is 9.90 Å². The summed E-state index contributed by atoms with van der Waals surface area (Å²) in [6, 6.07) is 30.3. The largest absolute Gasteiger partial charge is 0.469 e. The number of methoxy groups -OCH3 is 1. The first-order valence-electron chi connectivity index (χ1n) is 9.82. The van der Waals surface area contributed by atoms with Crippen molar-refractivity contribution in [2.75, 3.05) is 13.7 Å². The van der Waals surface area contributed by atoms with Gasteiger partial charge in [-0.15, -0.1) is 0 Å². The highest BCUT2D eigenvalue weighted by Crippen LogP contribution is 2.37. The number of benzene rings is 3. The van der Waals surface area contributed by atoms with Crippen LogP contribution in [0.1, 0.15) is 29.5 Å². The Morgan fingerprint density at radius 2 is 1.28 bits per heavy atom. The van der Waals surface area contributed by atoms with E-state index < -0.39 is 5.54 Å². The highest BCUT2D eigenvalue weighted by Gasteiger charge is 2.37. The maximum absolute atomic E-state index is 11.7. The van der Waals surface area contributed by atoms with Crippen LogP contribution in [0.2, 0.25) is 0 Å². The van der Waals surface area contributed by atoms with E-state index in [-0.39, 0.29) is 25.0 Å². The molecule has 4 heteroatoms. The lowest BCUT2D eigenvalue weighted by Crippen LogP contribution is -2.51. The van der Waals surface area contributed by atoms with Crippen LogP contribution in [0, 0.1) is 0 Å². The van der Waals surface area contributed by atoms with Gasteiger partial charge in [-0.05, 0) is 23.1 Å². The first-order chi connectivity index (χ1) is 14.2. The van der Waals surface area contributed by atoms with Gasteiger partial charge in [0, 0.05) is 12.5 Å². The number of rotatable bonds is 9. The van der Waals surface area contributed by atoms with Crippen molar-refractivity contribution >= 4 is 5.97 Å². The molecule has 0 heterocycles. The third kappa shape index (κ3) is 4.73. The SMILES string of the molecule is COC(=O)CC[C@@H](CO)NC(c1ccccc1)(c1ccccc1)c1ccccc1. The van der Waals surface area contributed by atoms with Gasteiger partial charge in [0.05, 0.1) is 19.3 Å². The summed E-state index contributed by atoms with van der Waals surface area (Å²) < 4.78 is 4.78. The van der Waals surface area contributed by atoms with Gasteiger partial charge in [0.15, 0.2) is 0 Å². The Kier molecular flexibility index (Phi) is 7.17. The molecule has 3 aromatic carbocycles. The molecule has 2 N–H and O–H groups in total. The van der Waals surface area contributed by atoms with E-state index in [1.54, 1.807) is 0 Å². The van der Waals surface area contributed by atoms with E-state index in [1.165, 1.54) is 7.11 Å². The van der Waals surface area contributed by atoms with Crippen molar-refractivity contribution in [1.29, 1.82) is 0 Å². The molecule has 0 radical (unpaired) electrons. The number of carbonyl (C=O) groups is 1. The maximum Gasteiger partial charge on any atom is 0.305 e. The summed E-state index contributed by atoms with van der Waals surface area (Å²) in [5, 5.41) is 13.8. The van der Waals surface area contributed by atoms with E-state index in [0.29, 0.717) is 6.42 Å². The van der Waals surface area contributed by atoms with Gasteiger partial charge >= 0.3 is 5.97 Å². The molecule has 0 unspecified atom stereocenters. The molecule has 0 saturated heterocycles. The molecule has 0 bridgehead atoms. The van der Waals surface area contributed by atoms with Gasteiger partial charge in [-0.1, -0.05) is 91.0 Å².